The highest BCUT2D eigenvalue weighted by atomic mass is 16.5. The molecule has 6 nitrogen and oxygen atoms in total. The van der Waals surface area contributed by atoms with Gasteiger partial charge in [-0.15, -0.1) is 0 Å². The molecule has 28 heavy (non-hydrogen) atoms. The molecule has 1 aliphatic rings. The minimum atomic E-state index is -0.870. The van der Waals surface area contributed by atoms with Crippen LogP contribution in [0.2, 0.25) is 0 Å². The molecular formula is C22H34O6. The van der Waals surface area contributed by atoms with Gasteiger partial charge in [-0.2, -0.15) is 0 Å². The number of ether oxygens (including phenoxy) is 1. The third-order valence-corrected chi connectivity index (χ3v) is 4.44. The smallest absolute Gasteiger partial charge is 0.303 e. The third-order valence-electron chi connectivity index (χ3n) is 4.44. The molecule has 5 atom stereocenters. The summed E-state index contributed by atoms with van der Waals surface area (Å²) in [6.45, 7) is 2.02. The van der Waals surface area contributed by atoms with Crippen molar-refractivity contribution in [3.63, 3.8) is 0 Å². The van der Waals surface area contributed by atoms with Crippen LogP contribution >= 0.6 is 0 Å². The average molecular weight is 395 g/mol. The number of hydrogen-bond acceptors (Lipinski definition) is 5. The Morgan fingerprint density at radius 3 is 2.57 bits per heavy atom. The second kappa shape index (κ2) is 14.3. The van der Waals surface area contributed by atoms with Gasteiger partial charge in [0, 0.05) is 12.8 Å². The summed E-state index contributed by atoms with van der Waals surface area (Å²) >= 11 is 0. The Labute approximate surface area is 167 Å². The normalized spacial score (nSPS) is 25.5. The zero-order chi connectivity index (χ0) is 20.8. The van der Waals surface area contributed by atoms with Gasteiger partial charge < -0.3 is 25.2 Å². The summed E-state index contributed by atoms with van der Waals surface area (Å²) in [4.78, 5) is 10.4. The molecule has 1 heterocycles. The predicted molar refractivity (Wildman–Crippen MR) is 109 cm³/mol. The third kappa shape index (κ3) is 10.6. The van der Waals surface area contributed by atoms with Crippen molar-refractivity contribution in [2.24, 2.45) is 0 Å². The Morgan fingerprint density at radius 1 is 1.11 bits per heavy atom. The molecule has 0 radical (unpaired) electrons. The fourth-order valence-electron chi connectivity index (χ4n) is 2.87. The van der Waals surface area contributed by atoms with Crippen molar-refractivity contribution in [2.45, 2.75) is 82.4 Å². The highest BCUT2D eigenvalue weighted by Crippen LogP contribution is 2.26. The van der Waals surface area contributed by atoms with E-state index in [9.17, 15) is 20.1 Å². The van der Waals surface area contributed by atoms with Gasteiger partial charge in [-0.1, -0.05) is 55.5 Å². The molecule has 6 heteroatoms. The molecule has 0 amide bonds. The SMILES string of the molecule is CC/C=C\C[C@@H](O)/C=C/[C@@H](O)[C@@H]1C[C@@H](O)[C@H](C/C=C\C/C=C\CCC(=O)O)O1. The molecule has 0 aromatic carbocycles. The van der Waals surface area contributed by atoms with E-state index in [1.165, 1.54) is 6.08 Å². The van der Waals surface area contributed by atoms with Crippen LogP contribution in [-0.2, 0) is 9.53 Å². The van der Waals surface area contributed by atoms with E-state index in [-0.39, 0.29) is 12.5 Å². The zero-order valence-corrected chi connectivity index (χ0v) is 16.6. The molecule has 0 aromatic heterocycles. The Bertz CT molecular complexity index is 551. The van der Waals surface area contributed by atoms with Gasteiger partial charge in [-0.3, -0.25) is 4.79 Å². The van der Waals surface area contributed by atoms with E-state index in [1.807, 2.05) is 43.4 Å². The lowest BCUT2D eigenvalue weighted by molar-refractivity contribution is -0.136. The van der Waals surface area contributed by atoms with Gasteiger partial charge in [0.05, 0.1) is 30.5 Å². The maximum absolute atomic E-state index is 10.4. The summed E-state index contributed by atoms with van der Waals surface area (Å²) in [5, 5.41) is 38.7. The average Bonchev–Trinajstić information content (AvgIpc) is 3.02. The second-order valence-corrected chi connectivity index (χ2v) is 6.92. The number of carboxylic acid groups (broad SMARTS) is 1. The van der Waals surface area contributed by atoms with E-state index in [0.29, 0.717) is 32.1 Å². The Kier molecular flexibility index (Phi) is 12.4. The molecular weight excluding hydrogens is 360 g/mol. The monoisotopic (exact) mass is 394 g/mol. The van der Waals surface area contributed by atoms with Crippen molar-refractivity contribution in [1.82, 2.24) is 0 Å². The maximum atomic E-state index is 10.4. The molecule has 0 unspecified atom stereocenters. The fraction of sp³-hybridized carbons (Fsp3) is 0.591. The van der Waals surface area contributed by atoms with Gasteiger partial charge in [0.2, 0.25) is 0 Å². The molecule has 0 bridgehead atoms. The number of allylic oxidation sites excluding steroid dienone is 4. The number of hydrogen-bond donors (Lipinski definition) is 4. The van der Waals surface area contributed by atoms with Gasteiger partial charge in [0.25, 0.3) is 0 Å². The number of aliphatic hydroxyl groups is 3. The van der Waals surface area contributed by atoms with Crippen LogP contribution in [0.3, 0.4) is 0 Å². The fourth-order valence-corrected chi connectivity index (χ4v) is 2.87. The highest BCUT2D eigenvalue weighted by molar-refractivity contribution is 5.66. The van der Waals surface area contributed by atoms with Crippen LogP contribution < -0.4 is 0 Å². The first-order valence-electron chi connectivity index (χ1n) is 9.98. The summed E-state index contributed by atoms with van der Waals surface area (Å²) in [6, 6.07) is 0. The lowest BCUT2D eigenvalue weighted by Crippen LogP contribution is -2.24. The first kappa shape index (κ1) is 24.3. The standard InChI is InChI=1S/C22H34O6/c1-2-3-8-11-17(23)14-15-18(24)21-16-19(25)20(28-21)12-9-6-4-5-7-10-13-22(26)27/h3,5-9,14-15,17-21,23-25H,2,4,10-13,16H2,1H3,(H,26,27)/b7-5-,8-3-,9-6-,15-14+/t17-,18-,19-,20+,21+/m1/s1. The molecule has 1 saturated heterocycles. The lowest BCUT2D eigenvalue weighted by atomic mass is 10.0. The first-order valence-corrected chi connectivity index (χ1v) is 9.98. The number of rotatable bonds is 13. The minimum Gasteiger partial charge on any atom is -0.481 e. The zero-order valence-electron chi connectivity index (χ0n) is 16.6. The molecule has 1 aliphatic heterocycles. The topological polar surface area (TPSA) is 107 Å². The van der Waals surface area contributed by atoms with Gasteiger partial charge in [-0.05, 0) is 32.1 Å². The Balaban J connectivity index is 2.32. The van der Waals surface area contributed by atoms with Crippen LogP contribution in [0.25, 0.3) is 0 Å². The van der Waals surface area contributed by atoms with Gasteiger partial charge in [0.15, 0.2) is 0 Å². The summed E-state index contributed by atoms with van der Waals surface area (Å²) in [6.07, 6.45) is 15.2. The van der Waals surface area contributed by atoms with E-state index in [0.717, 1.165) is 6.42 Å². The number of carbonyl (C=O) groups is 1. The Hall–Kier alpha value is -1.73. The summed E-state index contributed by atoms with van der Waals surface area (Å²) in [5.41, 5.74) is 0. The summed E-state index contributed by atoms with van der Waals surface area (Å²) in [5.74, 6) is -0.804. The van der Waals surface area contributed by atoms with Crippen LogP contribution in [0.5, 0.6) is 0 Å². The van der Waals surface area contributed by atoms with E-state index >= 15 is 0 Å². The van der Waals surface area contributed by atoms with Crippen LogP contribution in [0.1, 0.15) is 51.9 Å². The molecule has 0 saturated carbocycles. The van der Waals surface area contributed by atoms with Crippen LogP contribution in [0, 0.1) is 0 Å². The van der Waals surface area contributed by atoms with Crippen LogP contribution in [-0.4, -0.2) is 56.9 Å². The van der Waals surface area contributed by atoms with Crippen molar-refractivity contribution in [1.29, 1.82) is 0 Å². The first-order chi connectivity index (χ1) is 13.4. The molecule has 0 aromatic rings. The van der Waals surface area contributed by atoms with Crippen molar-refractivity contribution < 1.29 is 30.0 Å². The second-order valence-electron chi connectivity index (χ2n) is 6.92. The van der Waals surface area contributed by atoms with Gasteiger partial charge >= 0.3 is 5.97 Å². The van der Waals surface area contributed by atoms with Crippen LogP contribution in [0.4, 0.5) is 0 Å². The number of carboxylic acids is 1. The minimum absolute atomic E-state index is 0.132. The van der Waals surface area contributed by atoms with Crippen molar-refractivity contribution in [3.8, 4) is 0 Å². The lowest BCUT2D eigenvalue weighted by Gasteiger charge is -2.16. The summed E-state index contributed by atoms with van der Waals surface area (Å²) < 4.78 is 5.76. The number of aliphatic hydroxyl groups excluding tert-OH is 3. The van der Waals surface area contributed by atoms with Gasteiger partial charge in [-0.25, -0.2) is 0 Å². The molecule has 0 spiro atoms. The van der Waals surface area contributed by atoms with Crippen molar-refractivity contribution >= 4 is 5.97 Å². The molecule has 1 rings (SSSR count). The van der Waals surface area contributed by atoms with E-state index in [4.69, 9.17) is 9.84 Å². The van der Waals surface area contributed by atoms with E-state index < -0.39 is 30.4 Å². The molecule has 158 valence electrons. The quantitative estimate of drug-likeness (QED) is 0.358. The predicted octanol–water partition coefficient (Wildman–Crippen LogP) is 2.90. The van der Waals surface area contributed by atoms with Crippen LogP contribution in [0.15, 0.2) is 48.6 Å². The summed E-state index contributed by atoms with van der Waals surface area (Å²) in [7, 11) is 0. The maximum Gasteiger partial charge on any atom is 0.303 e. The largest absolute Gasteiger partial charge is 0.481 e. The molecule has 4 N–H and O–H groups in total. The number of aliphatic carboxylic acids is 1. The molecule has 1 fully saturated rings. The van der Waals surface area contributed by atoms with E-state index in [2.05, 4.69) is 0 Å². The molecule has 0 aliphatic carbocycles. The highest BCUT2D eigenvalue weighted by Gasteiger charge is 2.36. The van der Waals surface area contributed by atoms with Crippen molar-refractivity contribution in [2.75, 3.05) is 0 Å². The Morgan fingerprint density at radius 2 is 1.86 bits per heavy atom. The van der Waals surface area contributed by atoms with Crippen molar-refractivity contribution in [3.05, 3.63) is 48.6 Å². The van der Waals surface area contributed by atoms with Gasteiger partial charge in [0.1, 0.15) is 0 Å². The van der Waals surface area contributed by atoms with E-state index in [1.54, 1.807) is 6.08 Å².